The second-order valence-electron chi connectivity index (χ2n) is 6.04. The first-order valence-corrected chi connectivity index (χ1v) is 6.56. The predicted octanol–water partition coefficient (Wildman–Crippen LogP) is 1.14. The fourth-order valence-corrected chi connectivity index (χ4v) is 2.05. The minimum Gasteiger partial charge on any atom is -0.480 e. The summed E-state index contributed by atoms with van der Waals surface area (Å²) >= 11 is 0. The van der Waals surface area contributed by atoms with E-state index in [0.29, 0.717) is 25.9 Å². The lowest BCUT2D eigenvalue weighted by Crippen LogP contribution is -2.55. The summed E-state index contributed by atoms with van der Waals surface area (Å²) in [7, 11) is 1.50. The molecule has 2 amide bonds. The van der Waals surface area contributed by atoms with Crippen molar-refractivity contribution in [1.29, 1.82) is 0 Å². The van der Waals surface area contributed by atoms with Crippen molar-refractivity contribution < 1.29 is 19.8 Å². The van der Waals surface area contributed by atoms with Gasteiger partial charge < -0.3 is 20.0 Å². The number of carboxylic acid groups (broad SMARTS) is 1. The molecule has 0 aromatic carbocycles. The molecule has 0 saturated carbocycles. The Labute approximate surface area is 114 Å². The molecular formula is C13H24N2O4. The monoisotopic (exact) mass is 272 g/mol. The number of amides is 2. The molecule has 6 heteroatoms. The van der Waals surface area contributed by atoms with E-state index >= 15 is 0 Å². The second-order valence-corrected chi connectivity index (χ2v) is 6.04. The van der Waals surface area contributed by atoms with Gasteiger partial charge in [-0.2, -0.15) is 0 Å². The molecule has 1 heterocycles. The number of hydrogen-bond donors (Lipinski definition) is 2. The molecule has 1 aliphatic heterocycles. The first kappa shape index (κ1) is 15.8. The Balaban J connectivity index is 2.75. The van der Waals surface area contributed by atoms with Crippen molar-refractivity contribution in [2.24, 2.45) is 0 Å². The SMILES string of the molecule is CN(C(=O)N1CCCC(C)(O)CC1)C(C)(C)C(=O)O. The van der Waals surface area contributed by atoms with Crippen LogP contribution < -0.4 is 0 Å². The summed E-state index contributed by atoms with van der Waals surface area (Å²) in [6, 6.07) is -0.301. The van der Waals surface area contributed by atoms with Crippen LogP contribution >= 0.6 is 0 Å². The Morgan fingerprint density at radius 1 is 1.26 bits per heavy atom. The van der Waals surface area contributed by atoms with Crippen LogP contribution in [0.25, 0.3) is 0 Å². The Morgan fingerprint density at radius 3 is 2.37 bits per heavy atom. The molecule has 0 aliphatic carbocycles. The molecule has 1 atom stereocenters. The van der Waals surface area contributed by atoms with E-state index in [1.165, 1.54) is 25.8 Å². The fourth-order valence-electron chi connectivity index (χ4n) is 2.05. The first-order valence-electron chi connectivity index (χ1n) is 6.56. The van der Waals surface area contributed by atoms with E-state index in [9.17, 15) is 14.7 Å². The largest absolute Gasteiger partial charge is 0.480 e. The van der Waals surface area contributed by atoms with E-state index in [1.807, 2.05) is 0 Å². The topological polar surface area (TPSA) is 81.1 Å². The van der Waals surface area contributed by atoms with Gasteiger partial charge in [0.25, 0.3) is 0 Å². The minimum absolute atomic E-state index is 0.301. The fraction of sp³-hybridized carbons (Fsp3) is 0.846. The highest BCUT2D eigenvalue weighted by Crippen LogP contribution is 2.23. The average Bonchev–Trinajstić information content (AvgIpc) is 2.48. The van der Waals surface area contributed by atoms with Crippen molar-refractivity contribution in [1.82, 2.24) is 9.80 Å². The van der Waals surface area contributed by atoms with Gasteiger partial charge in [-0.1, -0.05) is 0 Å². The number of rotatable bonds is 2. The smallest absolute Gasteiger partial charge is 0.329 e. The molecule has 0 aromatic rings. The van der Waals surface area contributed by atoms with Crippen LogP contribution in [0.5, 0.6) is 0 Å². The van der Waals surface area contributed by atoms with Gasteiger partial charge in [0.15, 0.2) is 0 Å². The number of likely N-dealkylation sites (N-methyl/N-ethyl adjacent to an activating group) is 1. The highest BCUT2D eigenvalue weighted by Gasteiger charge is 2.38. The van der Waals surface area contributed by atoms with Gasteiger partial charge in [-0.3, -0.25) is 0 Å². The lowest BCUT2D eigenvalue weighted by molar-refractivity contribution is -0.147. The zero-order chi connectivity index (χ0) is 14.8. The van der Waals surface area contributed by atoms with Crippen molar-refractivity contribution >= 4 is 12.0 Å². The molecule has 1 saturated heterocycles. The van der Waals surface area contributed by atoms with Crippen LogP contribution in [0.15, 0.2) is 0 Å². The second kappa shape index (κ2) is 5.36. The van der Waals surface area contributed by atoms with Crippen LogP contribution in [-0.2, 0) is 4.79 Å². The van der Waals surface area contributed by atoms with Crippen LogP contribution in [-0.4, -0.2) is 63.3 Å². The van der Waals surface area contributed by atoms with Crippen LogP contribution in [0, 0.1) is 0 Å². The number of carbonyl (C=O) groups excluding carboxylic acids is 1. The number of carboxylic acids is 1. The molecule has 0 aromatic heterocycles. The minimum atomic E-state index is -1.24. The van der Waals surface area contributed by atoms with Gasteiger partial charge in [0.2, 0.25) is 0 Å². The molecule has 0 bridgehead atoms. The third-order valence-electron chi connectivity index (χ3n) is 3.98. The van der Waals surface area contributed by atoms with Crippen molar-refractivity contribution in [2.45, 2.75) is 51.2 Å². The van der Waals surface area contributed by atoms with Gasteiger partial charge in [0.05, 0.1) is 5.60 Å². The number of likely N-dealkylation sites (tertiary alicyclic amines) is 1. The molecular weight excluding hydrogens is 248 g/mol. The molecule has 2 N–H and O–H groups in total. The number of aliphatic hydroxyl groups is 1. The van der Waals surface area contributed by atoms with Crippen LogP contribution in [0.1, 0.15) is 40.0 Å². The summed E-state index contributed by atoms with van der Waals surface area (Å²) in [5.74, 6) is -1.04. The lowest BCUT2D eigenvalue weighted by Gasteiger charge is -2.35. The highest BCUT2D eigenvalue weighted by atomic mass is 16.4. The summed E-state index contributed by atoms with van der Waals surface area (Å²) in [4.78, 5) is 26.4. The average molecular weight is 272 g/mol. The highest BCUT2D eigenvalue weighted by molar-refractivity contribution is 5.85. The molecule has 19 heavy (non-hydrogen) atoms. The quantitative estimate of drug-likeness (QED) is 0.790. The Kier molecular flexibility index (Phi) is 4.45. The maximum Gasteiger partial charge on any atom is 0.329 e. The Hall–Kier alpha value is -1.30. The Bertz CT molecular complexity index is 366. The van der Waals surface area contributed by atoms with Gasteiger partial charge in [-0.05, 0) is 40.0 Å². The molecule has 1 aliphatic rings. The van der Waals surface area contributed by atoms with E-state index in [2.05, 4.69) is 0 Å². The molecule has 1 fully saturated rings. The summed E-state index contributed by atoms with van der Waals surface area (Å²) in [5.41, 5.74) is -1.98. The summed E-state index contributed by atoms with van der Waals surface area (Å²) < 4.78 is 0. The van der Waals surface area contributed by atoms with Gasteiger partial charge >= 0.3 is 12.0 Å². The van der Waals surface area contributed by atoms with Gasteiger partial charge in [0, 0.05) is 20.1 Å². The standard InChI is InChI=1S/C13H24N2O4/c1-12(2,10(16)17)14(4)11(18)15-8-5-6-13(3,19)7-9-15/h19H,5-9H2,1-4H3,(H,16,17). The van der Waals surface area contributed by atoms with Crippen LogP contribution in [0.2, 0.25) is 0 Å². The van der Waals surface area contributed by atoms with Crippen molar-refractivity contribution in [3.63, 3.8) is 0 Å². The zero-order valence-corrected chi connectivity index (χ0v) is 12.1. The normalized spacial score (nSPS) is 24.8. The summed E-state index contributed by atoms with van der Waals surface area (Å²) in [5, 5.41) is 19.1. The molecule has 110 valence electrons. The van der Waals surface area contributed by atoms with E-state index in [0.717, 1.165) is 6.42 Å². The third kappa shape index (κ3) is 3.59. The van der Waals surface area contributed by atoms with E-state index < -0.39 is 17.1 Å². The number of carbonyl (C=O) groups is 2. The summed E-state index contributed by atoms with van der Waals surface area (Å²) in [6.07, 6.45) is 1.89. The molecule has 1 unspecified atom stereocenters. The zero-order valence-electron chi connectivity index (χ0n) is 12.1. The number of aliphatic carboxylic acids is 1. The number of nitrogens with zero attached hydrogens (tertiary/aromatic N) is 2. The summed E-state index contributed by atoms with van der Waals surface area (Å²) in [6.45, 7) is 5.77. The van der Waals surface area contributed by atoms with Crippen LogP contribution in [0.4, 0.5) is 4.79 Å². The Morgan fingerprint density at radius 2 is 1.84 bits per heavy atom. The van der Waals surface area contributed by atoms with Gasteiger partial charge in [0.1, 0.15) is 5.54 Å². The maximum atomic E-state index is 12.3. The number of hydrogen-bond acceptors (Lipinski definition) is 3. The predicted molar refractivity (Wildman–Crippen MR) is 70.9 cm³/mol. The van der Waals surface area contributed by atoms with Crippen molar-refractivity contribution in [2.75, 3.05) is 20.1 Å². The molecule has 0 spiro atoms. The van der Waals surface area contributed by atoms with Gasteiger partial charge in [-0.25, -0.2) is 9.59 Å². The van der Waals surface area contributed by atoms with Crippen molar-refractivity contribution in [3.8, 4) is 0 Å². The van der Waals surface area contributed by atoms with E-state index in [1.54, 1.807) is 11.8 Å². The maximum absolute atomic E-state index is 12.3. The molecule has 6 nitrogen and oxygen atoms in total. The number of urea groups is 1. The first-order chi connectivity index (χ1) is 8.58. The van der Waals surface area contributed by atoms with E-state index in [4.69, 9.17) is 5.11 Å². The molecule has 1 rings (SSSR count). The van der Waals surface area contributed by atoms with Crippen molar-refractivity contribution in [3.05, 3.63) is 0 Å². The van der Waals surface area contributed by atoms with E-state index in [-0.39, 0.29) is 6.03 Å². The third-order valence-corrected chi connectivity index (χ3v) is 3.98. The van der Waals surface area contributed by atoms with Crippen LogP contribution in [0.3, 0.4) is 0 Å². The molecule has 0 radical (unpaired) electrons. The van der Waals surface area contributed by atoms with Gasteiger partial charge in [-0.15, -0.1) is 0 Å². The lowest BCUT2D eigenvalue weighted by atomic mass is 9.98.